The molecule has 152 valence electrons. The fourth-order valence-corrected chi connectivity index (χ4v) is 4.58. The summed E-state index contributed by atoms with van der Waals surface area (Å²) in [6, 6.07) is 10.9. The van der Waals surface area contributed by atoms with Gasteiger partial charge in [0.05, 0.1) is 11.7 Å². The Balaban J connectivity index is 0.00000225. The summed E-state index contributed by atoms with van der Waals surface area (Å²) in [6.07, 6.45) is 4.18. The molecular formula is C21H30ClN5O. The first-order chi connectivity index (χ1) is 13.1. The molecule has 0 spiro atoms. The van der Waals surface area contributed by atoms with Gasteiger partial charge in [-0.1, -0.05) is 42.5 Å². The van der Waals surface area contributed by atoms with Crippen LogP contribution in [0.4, 0.5) is 0 Å². The van der Waals surface area contributed by atoms with Crippen LogP contribution in [0.25, 0.3) is 0 Å². The maximum Gasteiger partial charge on any atom is 0.276 e. The van der Waals surface area contributed by atoms with Crippen LogP contribution in [0.5, 0.6) is 0 Å². The van der Waals surface area contributed by atoms with Gasteiger partial charge in [0, 0.05) is 18.5 Å². The SMILES string of the molecule is Cc1c(C(=O)N2CCCC(C)(c3ccccc3)C2)nnn1C1CCNCC1.Cl. The number of aromatic nitrogens is 3. The second kappa shape index (κ2) is 8.62. The van der Waals surface area contributed by atoms with E-state index < -0.39 is 0 Å². The van der Waals surface area contributed by atoms with E-state index in [1.54, 1.807) is 0 Å². The number of carbonyl (C=O) groups excluding carboxylic acids is 1. The van der Waals surface area contributed by atoms with Crippen LogP contribution in [0.15, 0.2) is 30.3 Å². The molecule has 3 heterocycles. The molecule has 1 aromatic carbocycles. The van der Waals surface area contributed by atoms with Crippen molar-refractivity contribution in [2.24, 2.45) is 0 Å². The quantitative estimate of drug-likeness (QED) is 0.855. The summed E-state index contributed by atoms with van der Waals surface area (Å²) in [5.74, 6) is 0.0227. The minimum atomic E-state index is -0.00584. The second-order valence-electron chi connectivity index (χ2n) is 8.21. The summed E-state index contributed by atoms with van der Waals surface area (Å²) in [5.41, 5.74) is 2.72. The third-order valence-corrected chi connectivity index (χ3v) is 6.24. The molecule has 0 radical (unpaired) electrons. The summed E-state index contributed by atoms with van der Waals surface area (Å²) in [7, 11) is 0. The minimum absolute atomic E-state index is 0. The van der Waals surface area contributed by atoms with Crippen LogP contribution in [0.1, 0.15) is 60.4 Å². The fraction of sp³-hybridized carbons (Fsp3) is 0.571. The predicted octanol–water partition coefficient (Wildman–Crippen LogP) is 3.13. The Kier molecular flexibility index (Phi) is 6.40. The maximum absolute atomic E-state index is 13.2. The highest BCUT2D eigenvalue weighted by molar-refractivity contribution is 5.93. The standard InChI is InChI=1S/C21H29N5O.ClH/c1-16-19(23-24-26(16)18-9-12-22-13-10-18)20(27)25-14-6-11-21(2,15-25)17-7-4-3-5-8-17;/h3-5,7-8,18,22H,6,9-15H2,1-2H3;1H. The number of carbonyl (C=O) groups is 1. The molecule has 7 heteroatoms. The van der Waals surface area contributed by atoms with Gasteiger partial charge in [0.1, 0.15) is 0 Å². The van der Waals surface area contributed by atoms with Gasteiger partial charge in [0.15, 0.2) is 5.69 Å². The summed E-state index contributed by atoms with van der Waals surface area (Å²) in [6.45, 7) is 7.76. The Morgan fingerprint density at radius 2 is 1.93 bits per heavy atom. The molecule has 2 aliphatic heterocycles. The number of halogens is 1. The Hall–Kier alpha value is -1.92. The average molecular weight is 404 g/mol. The van der Waals surface area contributed by atoms with Crippen molar-refractivity contribution in [1.82, 2.24) is 25.2 Å². The van der Waals surface area contributed by atoms with Crippen molar-refractivity contribution >= 4 is 18.3 Å². The van der Waals surface area contributed by atoms with Crippen LogP contribution in [0, 0.1) is 6.92 Å². The molecule has 2 aliphatic rings. The third-order valence-electron chi connectivity index (χ3n) is 6.24. The van der Waals surface area contributed by atoms with Crippen LogP contribution in [0.3, 0.4) is 0 Å². The molecule has 0 saturated carbocycles. The van der Waals surface area contributed by atoms with Gasteiger partial charge < -0.3 is 10.2 Å². The van der Waals surface area contributed by atoms with Crippen LogP contribution >= 0.6 is 12.4 Å². The van der Waals surface area contributed by atoms with Crippen LogP contribution < -0.4 is 5.32 Å². The van der Waals surface area contributed by atoms with Crippen molar-refractivity contribution in [2.75, 3.05) is 26.2 Å². The largest absolute Gasteiger partial charge is 0.336 e. The molecular weight excluding hydrogens is 374 g/mol. The third kappa shape index (κ3) is 3.94. The monoisotopic (exact) mass is 403 g/mol. The minimum Gasteiger partial charge on any atom is -0.336 e. The van der Waals surface area contributed by atoms with E-state index >= 15 is 0 Å². The fourth-order valence-electron chi connectivity index (χ4n) is 4.58. The number of benzene rings is 1. The lowest BCUT2D eigenvalue weighted by Crippen LogP contribution is -2.47. The van der Waals surface area contributed by atoms with E-state index in [0.29, 0.717) is 11.7 Å². The molecule has 0 aliphatic carbocycles. The number of piperidine rings is 2. The van der Waals surface area contributed by atoms with Crippen molar-refractivity contribution in [3.05, 3.63) is 47.3 Å². The van der Waals surface area contributed by atoms with Crippen molar-refractivity contribution in [3.63, 3.8) is 0 Å². The summed E-state index contributed by atoms with van der Waals surface area (Å²) < 4.78 is 1.97. The molecule has 2 aromatic rings. The van der Waals surface area contributed by atoms with Gasteiger partial charge in [-0.05, 0) is 51.3 Å². The average Bonchev–Trinajstić information content (AvgIpc) is 3.10. The highest BCUT2D eigenvalue weighted by Crippen LogP contribution is 2.34. The van der Waals surface area contributed by atoms with Crippen LogP contribution in [-0.4, -0.2) is 52.0 Å². The van der Waals surface area contributed by atoms with Crippen LogP contribution in [0.2, 0.25) is 0 Å². The van der Waals surface area contributed by atoms with E-state index in [1.807, 2.05) is 22.6 Å². The number of likely N-dealkylation sites (tertiary alicyclic amines) is 1. The topological polar surface area (TPSA) is 63.1 Å². The van der Waals surface area contributed by atoms with Crippen molar-refractivity contribution in [2.45, 2.75) is 51.0 Å². The van der Waals surface area contributed by atoms with Crippen molar-refractivity contribution in [3.8, 4) is 0 Å². The summed E-state index contributed by atoms with van der Waals surface area (Å²) in [4.78, 5) is 15.2. The number of amides is 1. The number of rotatable bonds is 3. The highest BCUT2D eigenvalue weighted by atomic mass is 35.5. The van der Waals surface area contributed by atoms with Gasteiger partial charge in [-0.15, -0.1) is 17.5 Å². The van der Waals surface area contributed by atoms with Gasteiger partial charge in [-0.2, -0.15) is 0 Å². The van der Waals surface area contributed by atoms with Gasteiger partial charge in [0.2, 0.25) is 0 Å². The molecule has 28 heavy (non-hydrogen) atoms. The van der Waals surface area contributed by atoms with Gasteiger partial charge >= 0.3 is 0 Å². The Morgan fingerprint density at radius 1 is 1.21 bits per heavy atom. The smallest absolute Gasteiger partial charge is 0.276 e. The first-order valence-electron chi connectivity index (χ1n) is 10.1. The van der Waals surface area contributed by atoms with E-state index in [2.05, 4.69) is 46.8 Å². The first-order valence-corrected chi connectivity index (χ1v) is 10.1. The zero-order valence-corrected chi connectivity index (χ0v) is 17.5. The highest BCUT2D eigenvalue weighted by Gasteiger charge is 2.36. The molecule has 1 unspecified atom stereocenters. The Bertz CT molecular complexity index is 802. The molecule has 1 atom stereocenters. The number of nitrogens with zero attached hydrogens (tertiary/aromatic N) is 4. The molecule has 1 N–H and O–H groups in total. The van der Waals surface area contributed by atoms with E-state index in [9.17, 15) is 4.79 Å². The molecule has 2 fully saturated rings. The lowest BCUT2D eigenvalue weighted by atomic mass is 9.76. The Morgan fingerprint density at radius 3 is 2.64 bits per heavy atom. The van der Waals surface area contributed by atoms with Crippen molar-refractivity contribution in [1.29, 1.82) is 0 Å². The molecule has 0 bridgehead atoms. The van der Waals surface area contributed by atoms with Gasteiger partial charge in [0.25, 0.3) is 5.91 Å². The lowest BCUT2D eigenvalue weighted by molar-refractivity contribution is 0.0644. The van der Waals surface area contributed by atoms with Gasteiger partial charge in [-0.25, -0.2) is 4.68 Å². The van der Waals surface area contributed by atoms with E-state index in [0.717, 1.165) is 57.6 Å². The lowest BCUT2D eigenvalue weighted by Gasteiger charge is -2.40. The van der Waals surface area contributed by atoms with E-state index in [-0.39, 0.29) is 23.7 Å². The first kappa shape index (κ1) is 20.8. The number of hydrogen-bond donors (Lipinski definition) is 1. The summed E-state index contributed by atoms with van der Waals surface area (Å²) >= 11 is 0. The number of nitrogens with one attached hydrogen (secondary N) is 1. The maximum atomic E-state index is 13.2. The van der Waals surface area contributed by atoms with Crippen molar-refractivity contribution < 1.29 is 4.79 Å². The molecule has 2 saturated heterocycles. The normalized spacial score (nSPS) is 23.3. The molecule has 6 nitrogen and oxygen atoms in total. The van der Waals surface area contributed by atoms with E-state index in [4.69, 9.17) is 0 Å². The molecule has 1 amide bonds. The predicted molar refractivity (Wildman–Crippen MR) is 112 cm³/mol. The number of hydrogen-bond acceptors (Lipinski definition) is 4. The summed E-state index contributed by atoms with van der Waals surface area (Å²) in [5, 5.41) is 12.0. The zero-order valence-electron chi connectivity index (χ0n) is 16.7. The molecule has 4 rings (SSSR count). The van der Waals surface area contributed by atoms with Gasteiger partial charge in [-0.3, -0.25) is 4.79 Å². The molecule has 1 aromatic heterocycles. The van der Waals surface area contributed by atoms with E-state index in [1.165, 1.54) is 5.56 Å². The Labute approximate surface area is 173 Å². The van der Waals surface area contributed by atoms with Crippen LogP contribution in [-0.2, 0) is 5.41 Å². The zero-order chi connectivity index (χ0) is 18.9. The second-order valence-corrected chi connectivity index (χ2v) is 8.21.